The summed E-state index contributed by atoms with van der Waals surface area (Å²) >= 11 is 0. The highest BCUT2D eigenvalue weighted by Crippen LogP contribution is 2.44. The number of hydrogen-bond acceptors (Lipinski definition) is 4. The van der Waals surface area contributed by atoms with Crippen LogP contribution in [0.2, 0.25) is 0 Å². The molecule has 2 aromatic rings. The van der Waals surface area contributed by atoms with Gasteiger partial charge < -0.3 is 20.1 Å². The molecule has 0 bridgehead atoms. The quantitative estimate of drug-likeness (QED) is 0.660. The number of nitrogens with one attached hydrogen (secondary N) is 1. The highest BCUT2D eigenvalue weighted by molar-refractivity contribution is 5.87. The lowest BCUT2D eigenvalue weighted by atomic mass is 9.73. The number of alkyl carbamates (subject to hydrolysis) is 1. The number of carboxylic acid groups (broad SMARTS) is 1. The Labute approximate surface area is 205 Å². The Bertz CT molecular complexity index is 1100. The lowest BCUT2D eigenvalue weighted by Crippen LogP contribution is -2.59. The Hall–Kier alpha value is -3.35. The number of fused-ring (bicyclic) bond motifs is 3. The summed E-state index contributed by atoms with van der Waals surface area (Å²) in [7, 11) is 0. The van der Waals surface area contributed by atoms with Crippen LogP contribution in [0.5, 0.6) is 0 Å². The van der Waals surface area contributed by atoms with Gasteiger partial charge in [0.15, 0.2) is 0 Å². The molecule has 0 radical (unpaired) electrons. The highest BCUT2D eigenvalue weighted by Gasteiger charge is 2.47. The van der Waals surface area contributed by atoms with Crippen molar-refractivity contribution in [3.05, 3.63) is 59.7 Å². The number of aliphatic carboxylic acids is 1. The molecule has 2 N–H and O–H groups in total. The minimum absolute atomic E-state index is 0.0364. The van der Waals surface area contributed by atoms with Crippen LogP contribution in [0, 0.1) is 5.92 Å². The molecule has 1 heterocycles. The molecule has 2 aliphatic carbocycles. The normalized spacial score (nSPS) is 25.6. The second-order valence-corrected chi connectivity index (χ2v) is 10.2. The Morgan fingerprint density at radius 2 is 1.66 bits per heavy atom. The molecular weight excluding hydrogens is 444 g/mol. The number of benzene rings is 2. The first-order valence-electron chi connectivity index (χ1n) is 12.6. The molecule has 2 fully saturated rings. The predicted molar refractivity (Wildman–Crippen MR) is 131 cm³/mol. The van der Waals surface area contributed by atoms with Crippen LogP contribution in [0.15, 0.2) is 48.5 Å². The second-order valence-electron chi connectivity index (χ2n) is 10.2. The minimum atomic E-state index is -0.960. The topological polar surface area (TPSA) is 95.9 Å². The van der Waals surface area contributed by atoms with Gasteiger partial charge in [-0.05, 0) is 54.9 Å². The van der Waals surface area contributed by atoms with Crippen LogP contribution in [0.3, 0.4) is 0 Å². The van der Waals surface area contributed by atoms with E-state index in [2.05, 4.69) is 29.6 Å². The third-order valence-corrected chi connectivity index (χ3v) is 8.06. The maximum Gasteiger partial charge on any atom is 0.407 e. The van der Waals surface area contributed by atoms with Crippen LogP contribution in [0.1, 0.15) is 62.5 Å². The summed E-state index contributed by atoms with van der Waals surface area (Å²) in [6.45, 7) is 2.55. The van der Waals surface area contributed by atoms with E-state index in [-0.39, 0.29) is 18.4 Å². The van der Waals surface area contributed by atoms with Crippen LogP contribution in [0.25, 0.3) is 11.1 Å². The second kappa shape index (κ2) is 9.36. The lowest BCUT2D eigenvalue weighted by Gasteiger charge is -2.42. The third kappa shape index (κ3) is 4.28. The van der Waals surface area contributed by atoms with E-state index in [9.17, 15) is 19.5 Å². The summed E-state index contributed by atoms with van der Waals surface area (Å²) in [5.41, 5.74) is 3.85. The highest BCUT2D eigenvalue weighted by atomic mass is 16.5. The van der Waals surface area contributed by atoms with Gasteiger partial charge in [-0.25, -0.2) is 9.59 Å². The molecule has 2 aromatic carbocycles. The summed E-state index contributed by atoms with van der Waals surface area (Å²) in [5.74, 6) is -1.63. The van der Waals surface area contributed by atoms with Crippen molar-refractivity contribution in [3.8, 4) is 11.1 Å². The number of hydrogen-bond donors (Lipinski definition) is 2. The SMILES string of the molecule is CC1(NC(=O)OCC2c3ccccc3-c3ccccc32)CCCCC1C(=O)N1CCC[C@H]1C(=O)O. The molecule has 7 nitrogen and oxygen atoms in total. The molecule has 1 aliphatic heterocycles. The standard InChI is InChI=1S/C28H32N2O5/c1-28(15-7-6-13-23(28)25(31)30-16-8-14-24(30)26(32)33)29-27(34)35-17-22-20-11-4-2-9-18(20)19-10-3-5-12-21(19)22/h2-5,9-12,22-24H,6-8,13-17H2,1H3,(H,29,34)(H,32,33)/t23?,24-,28?/m0/s1. The zero-order chi connectivity index (χ0) is 24.6. The molecule has 35 heavy (non-hydrogen) atoms. The van der Waals surface area contributed by atoms with E-state index in [1.807, 2.05) is 31.2 Å². The maximum absolute atomic E-state index is 13.4. The summed E-state index contributed by atoms with van der Waals surface area (Å²) < 4.78 is 5.75. The number of nitrogens with zero attached hydrogens (tertiary/aromatic N) is 1. The smallest absolute Gasteiger partial charge is 0.407 e. The monoisotopic (exact) mass is 476 g/mol. The van der Waals surface area contributed by atoms with E-state index in [1.165, 1.54) is 16.0 Å². The molecule has 3 aliphatic rings. The van der Waals surface area contributed by atoms with Gasteiger partial charge in [-0.3, -0.25) is 4.79 Å². The number of likely N-dealkylation sites (tertiary alicyclic amines) is 1. The van der Waals surface area contributed by atoms with Gasteiger partial charge in [-0.15, -0.1) is 0 Å². The molecule has 1 saturated heterocycles. The van der Waals surface area contributed by atoms with Crippen LogP contribution < -0.4 is 5.32 Å². The number of ether oxygens (including phenoxy) is 1. The molecule has 0 aromatic heterocycles. The molecular formula is C28H32N2O5. The van der Waals surface area contributed by atoms with Crippen molar-refractivity contribution in [2.24, 2.45) is 5.92 Å². The first-order valence-corrected chi connectivity index (χ1v) is 12.6. The molecule has 2 amide bonds. The fourth-order valence-corrected chi connectivity index (χ4v) is 6.23. The van der Waals surface area contributed by atoms with Gasteiger partial charge in [-0.2, -0.15) is 0 Å². The van der Waals surface area contributed by atoms with Crippen molar-refractivity contribution in [1.82, 2.24) is 10.2 Å². The Morgan fingerprint density at radius 1 is 1.00 bits per heavy atom. The Morgan fingerprint density at radius 3 is 2.31 bits per heavy atom. The number of rotatable bonds is 5. The largest absolute Gasteiger partial charge is 0.480 e. The van der Waals surface area contributed by atoms with Crippen LogP contribution in [0.4, 0.5) is 4.79 Å². The van der Waals surface area contributed by atoms with E-state index >= 15 is 0 Å². The summed E-state index contributed by atoms with van der Waals surface area (Å²) in [4.78, 5) is 39.6. The van der Waals surface area contributed by atoms with Crippen molar-refractivity contribution in [2.75, 3.05) is 13.2 Å². The first-order chi connectivity index (χ1) is 16.9. The van der Waals surface area contributed by atoms with E-state index in [0.29, 0.717) is 32.2 Å². The predicted octanol–water partition coefficient (Wildman–Crippen LogP) is 4.55. The van der Waals surface area contributed by atoms with Crippen LogP contribution in [-0.4, -0.2) is 52.7 Å². The molecule has 3 atom stereocenters. The molecule has 7 heteroatoms. The minimum Gasteiger partial charge on any atom is -0.480 e. The molecule has 0 spiro atoms. The van der Waals surface area contributed by atoms with E-state index < -0.39 is 29.6 Å². The van der Waals surface area contributed by atoms with E-state index in [0.717, 1.165) is 24.0 Å². The third-order valence-electron chi connectivity index (χ3n) is 8.06. The van der Waals surface area contributed by atoms with Crippen molar-refractivity contribution in [3.63, 3.8) is 0 Å². The van der Waals surface area contributed by atoms with Gasteiger partial charge in [0.1, 0.15) is 12.6 Å². The Kier molecular flexibility index (Phi) is 6.26. The number of amides is 2. The van der Waals surface area contributed by atoms with Gasteiger partial charge in [0.25, 0.3) is 0 Å². The zero-order valence-electron chi connectivity index (χ0n) is 20.0. The van der Waals surface area contributed by atoms with Gasteiger partial charge >= 0.3 is 12.1 Å². The fraction of sp³-hybridized carbons (Fsp3) is 0.464. The van der Waals surface area contributed by atoms with Crippen LogP contribution in [-0.2, 0) is 14.3 Å². The van der Waals surface area contributed by atoms with Crippen LogP contribution >= 0.6 is 0 Å². The van der Waals surface area contributed by atoms with Gasteiger partial charge in [-0.1, -0.05) is 61.4 Å². The molecule has 1 saturated carbocycles. The zero-order valence-corrected chi connectivity index (χ0v) is 20.0. The van der Waals surface area contributed by atoms with Crippen molar-refractivity contribution >= 4 is 18.0 Å². The van der Waals surface area contributed by atoms with Gasteiger partial charge in [0.2, 0.25) is 5.91 Å². The average molecular weight is 477 g/mol. The maximum atomic E-state index is 13.4. The van der Waals surface area contributed by atoms with Crippen molar-refractivity contribution < 1.29 is 24.2 Å². The Balaban J connectivity index is 1.28. The average Bonchev–Trinajstić information content (AvgIpc) is 3.46. The summed E-state index contributed by atoms with van der Waals surface area (Å²) in [6, 6.07) is 15.6. The molecule has 5 rings (SSSR count). The lowest BCUT2D eigenvalue weighted by molar-refractivity contribution is -0.151. The van der Waals surface area contributed by atoms with Crippen molar-refractivity contribution in [1.29, 1.82) is 0 Å². The van der Waals surface area contributed by atoms with Gasteiger partial charge in [0.05, 0.1) is 11.5 Å². The number of carbonyl (C=O) groups is 3. The van der Waals surface area contributed by atoms with Crippen molar-refractivity contribution in [2.45, 2.75) is 62.9 Å². The van der Waals surface area contributed by atoms with E-state index in [4.69, 9.17) is 4.74 Å². The molecule has 2 unspecified atom stereocenters. The first kappa shape index (κ1) is 23.4. The van der Waals surface area contributed by atoms with E-state index in [1.54, 1.807) is 0 Å². The summed E-state index contributed by atoms with van der Waals surface area (Å²) in [5, 5.41) is 12.5. The van der Waals surface area contributed by atoms with Gasteiger partial charge in [0, 0.05) is 12.5 Å². The number of carboxylic acids is 1. The molecule has 184 valence electrons. The fourth-order valence-electron chi connectivity index (χ4n) is 6.23. The summed E-state index contributed by atoms with van der Waals surface area (Å²) in [6.07, 6.45) is 3.68. The number of carbonyl (C=O) groups excluding carboxylic acids is 2.